The molecule has 1 aliphatic heterocycles. The quantitative estimate of drug-likeness (QED) is 0.753. The van der Waals surface area contributed by atoms with E-state index in [2.05, 4.69) is 15.3 Å². The molecule has 2 heterocycles. The van der Waals surface area contributed by atoms with Crippen molar-refractivity contribution in [3.63, 3.8) is 0 Å². The number of aromatic nitrogens is 2. The van der Waals surface area contributed by atoms with Crippen LogP contribution in [0.5, 0.6) is 0 Å². The molecule has 1 unspecified atom stereocenters. The average Bonchev–Trinajstić information content (AvgIpc) is 2.96. The summed E-state index contributed by atoms with van der Waals surface area (Å²) in [5.41, 5.74) is 0.665. The Morgan fingerprint density at radius 2 is 2.23 bits per heavy atom. The van der Waals surface area contributed by atoms with Crippen LogP contribution >= 0.6 is 0 Å². The molecule has 0 spiro atoms. The van der Waals surface area contributed by atoms with Crippen molar-refractivity contribution < 1.29 is 9.59 Å². The van der Waals surface area contributed by atoms with E-state index in [4.69, 9.17) is 0 Å². The highest BCUT2D eigenvalue weighted by Crippen LogP contribution is 2.21. The van der Waals surface area contributed by atoms with Crippen LogP contribution in [0, 0.1) is 5.92 Å². The van der Waals surface area contributed by atoms with Gasteiger partial charge in [0.15, 0.2) is 0 Å². The van der Waals surface area contributed by atoms with Crippen molar-refractivity contribution in [2.24, 2.45) is 13.0 Å². The van der Waals surface area contributed by atoms with Gasteiger partial charge in [0.2, 0.25) is 5.78 Å². The third-order valence-electron chi connectivity index (χ3n) is 3.89. The molecule has 22 heavy (non-hydrogen) atoms. The maximum absolute atomic E-state index is 11.6. The van der Waals surface area contributed by atoms with Gasteiger partial charge < -0.3 is 10.2 Å². The molecule has 120 valence electrons. The largest absolute Gasteiger partial charge is 0.370 e. The second-order valence-corrected chi connectivity index (χ2v) is 5.66. The Hall–Kier alpha value is -2.18. The molecule has 7 nitrogen and oxygen atoms in total. The lowest BCUT2D eigenvalue weighted by Gasteiger charge is -2.18. The number of hydrogen-bond acceptors (Lipinski definition) is 5. The highest BCUT2D eigenvalue weighted by molar-refractivity contribution is 6.36. The molecule has 1 aromatic rings. The maximum atomic E-state index is 11.6. The van der Waals surface area contributed by atoms with Crippen LogP contribution < -0.4 is 15.8 Å². The Morgan fingerprint density at radius 3 is 2.91 bits per heavy atom. The van der Waals surface area contributed by atoms with E-state index in [1.54, 1.807) is 19.3 Å². The van der Waals surface area contributed by atoms with Crippen molar-refractivity contribution in [3.8, 4) is 0 Å². The van der Waals surface area contributed by atoms with Crippen molar-refractivity contribution in [3.05, 3.63) is 22.6 Å². The second-order valence-electron chi connectivity index (χ2n) is 5.66. The zero-order valence-corrected chi connectivity index (χ0v) is 13.0. The number of hydrogen-bond donors (Lipinski definition) is 1. The van der Waals surface area contributed by atoms with E-state index in [0.717, 1.165) is 25.2 Å². The van der Waals surface area contributed by atoms with E-state index in [-0.39, 0.29) is 17.3 Å². The normalized spacial score (nSPS) is 17.5. The minimum Gasteiger partial charge on any atom is -0.370 e. The van der Waals surface area contributed by atoms with Crippen molar-refractivity contribution in [1.82, 2.24) is 15.1 Å². The van der Waals surface area contributed by atoms with Gasteiger partial charge in [0.25, 0.3) is 11.5 Å². The Morgan fingerprint density at radius 1 is 1.45 bits per heavy atom. The fourth-order valence-corrected chi connectivity index (χ4v) is 2.54. The number of ketones is 1. The van der Waals surface area contributed by atoms with E-state index in [1.165, 1.54) is 4.68 Å². The Labute approximate surface area is 129 Å². The predicted octanol–water partition coefficient (Wildman–Crippen LogP) is 0.0920. The summed E-state index contributed by atoms with van der Waals surface area (Å²) in [5, 5.41) is 6.72. The molecular weight excluding hydrogens is 284 g/mol. The van der Waals surface area contributed by atoms with E-state index in [1.807, 2.05) is 6.92 Å². The summed E-state index contributed by atoms with van der Waals surface area (Å²) in [6.07, 6.45) is 3.56. The molecule has 0 saturated carbocycles. The number of aryl methyl sites for hydroxylation is 1. The smallest absolute Gasteiger partial charge is 0.287 e. The summed E-state index contributed by atoms with van der Waals surface area (Å²) in [5.74, 6) is -0.564. The Bertz CT molecular complexity index is 611. The molecule has 1 N–H and O–H groups in total. The summed E-state index contributed by atoms with van der Waals surface area (Å²) < 4.78 is 1.29. The van der Waals surface area contributed by atoms with Gasteiger partial charge in [0.1, 0.15) is 0 Å². The maximum Gasteiger partial charge on any atom is 0.287 e. The molecule has 0 aromatic carbocycles. The Kier molecular flexibility index (Phi) is 5.30. The fourth-order valence-electron chi connectivity index (χ4n) is 2.54. The second kappa shape index (κ2) is 7.20. The number of nitrogens with zero attached hydrogens (tertiary/aromatic N) is 3. The first-order chi connectivity index (χ1) is 10.5. The van der Waals surface area contributed by atoms with Gasteiger partial charge in [-0.3, -0.25) is 14.4 Å². The molecule has 2 rings (SSSR count). The summed E-state index contributed by atoms with van der Waals surface area (Å²) in [6.45, 7) is 3.93. The van der Waals surface area contributed by atoms with E-state index in [9.17, 15) is 14.4 Å². The van der Waals surface area contributed by atoms with Crippen LogP contribution in [0.25, 0.3) is 0 Å². The first-order valence-electron chi connectivity index (χ1n) is 7.60. The predicted molar refractivity (Wildman–Crippen MR) is 82.7 cm³/mol. The van der Waals surface area contributed by atoms with Gasteiger partial charge in [-0.05, 0) is 18.8 Å². The van der Waals surface area contributed by atoms with Crippen LogP contribution in [0.15, 0.2) is 17.1 Å². The number of amides is 1. The number of Topliss-reactive ketones (excluding diaryl/α,β-unsaturated/α-hetero) is 1. The molecule has 0 bridgehead atoms. The van der Waals surface area contributed by atoms with Gasteiger partial charge in [0.05, 0.1) is 11.9 Å². The molecule has 1 aliphatic rings. The van der Waals surface area contributed by atoms with Crippen molar-refractivity contribution in [2.45, 2.75) is 26.2 Å². The number of rotatable bonds is 6. The topological polar surface area (TPSA) is 84.3 Å². The van der Waals surface area contributed by atoms with Crippen molar-refractivity contribution >= 4 is 17.4 Å². The van der Waals surface area contributed by atoms with Gasteiger partial charge >= 0.3 is 0 Å². The summed E-state index contributed by atoms with van der Waals surface area (Å²) in [7, 11) is 1.61. The van der Waals surface area contributed by atoms with Crippen LogP contribution in [-0.2, 0) is 16.6 Å². The minimum absolute atomic E-state index is 0.139. The molecule has 1 atom stereocenters. The highest BCUT2D eigenvalue weighted by atomic mass is 16.2. The number of nitrogens with one attached hydrogen (secondary N) is 1. The van der Waals surface area contributed by atoms with Crippen LogP contribution in [0.1, 0.15) is 26.2 Å². The Balaban J connectivity index is 1.85. The average molecular weight is 306 g/mol. The van der Waals surface area contributed by atoms with Gasteiger partial charge in [-0.25, -0.2) is 4.68 Å². The fraction of sp³-hybridized carbons (Fsp3) is 0.600. The van der Waals surface area contributed by atoms with Crippen molar-refractivity contribution in [1.29, 1.82) is 0 Å². The molecular formula is C15H22N4O3. The highest BCUT2D eigenvalue weighted by Gasteiger charge is 2.24. The zero-order valence-electron chi connectivity index (χ0n) is 13.0. The SMILES string of the molecule is CCCC(=O)C(=O)NCC1CCN(c2cnn(C)c(=O)c2)C1. The lowest BCUT2D eigenvalue weighted by molar-refractivity contribution is -0.138. The standard InChI is InChI=1S/C15H22N4O3/c1-3-4-13(20)15(22)16-8-11-5-6-19(10-11)12-7-14(21)18(2)17-9-12/h7,9,11H,3-6,8,10H2,1-2H3,(H,16,22). The van der Waals surface area contributed by atoms with Crippen LogP contribution in [0.2, 0.25) is 0 Å². The lowest BCUT2D eigenvalue weighted by Crippen LogP contribution is -2.35. The van der Waals surface area contributed by atoms with E-state index >= 15 is 0 Å². The van der Waals surface area contributed by atoms with Crippen LogP contribution in [0.4, 0.5) is 5.69 Å². The summed E-state index contributed by atoms with van der Waals surface area (Å²) in [6, 6.07) is 1.57. The molecule has 1 aromatic heterocycles. The number of anilines is 1. The molecule has 0 aliphatic carbocycles. The summed E-state index contributed by atoms with van der Waals surface area (Å²) >= 11 is 0. The van der Waals surface area contributed by atoms with Crippen LogP contribution in [-0.4, -0.2) is 41.1 Å². The van der Waals surface area contributed by atoms with Crippen molar-refractivity contribution in [2.75, 3.05) is 24.5 Å². The molecule has 7 heteroatoms. The molecule has 1 amide bonds. The van der Waals surface area contributed by atoms with Crippen LogP contribution in [0.3, 0.4) is 0 Å². The van der Waals surface area contributed by atoms with E-state index < -0.39 is 5.91 Å². The molecule has 0 radical (unpaired) electrons. The third-order valence-corrected chi connectivity index (χ3v) is 3.89. The minimum atomic E-state index is -0.490. The third kappa shape index (κ3) is 3.93. The number of carbonyl (C=O) groups is 2. The summed E-state index contributed by atoms with van der Waals surface area (Å²) in [4.78, 5) is 36.7. The molecule has 1 saturated heterocycles. The number of carbonyl (C=O) groups excluding carboxylic acids is 2. The lowest BCUT2D eigenvalue weighted by atomic mass is 10.1. The zero-order chi connectivity index (χ0) is 16.1. The first-order valence-corrected chi connectivity index (χ1v) is 7.60. The first kappa shape index (κ1) is 16.2. The van der Waals surface area contributed by atoms with Gasteiger partial charge in [-0.1, -0.05) is 6.92 Å². The van der Waals surface area contributed by atoms with Gasteiger partial charge in [-0.15, -0.1) is 0 Å². The molecule has 1 fully saturated rings. The van der Waals surface area contributed by atoms with Gasteiger partial charge in [-0.2, -0.15) is 5.10 Å². The van der Waals surface area contributed by atoms with Gasteiger partial charge in [0, 0.05) is 39.2 Å². The monoisotopic (exact) mass is 306 g/mol. The van der Waals surface area contributed by atoms with E-state index in [0.29, 0.717) is 19.4 Å².